The first-order valence-electron chi connectivity index (χ1n) is 9.29. The minimum atomic E-state index is -0.656. The fourth-order valence-corrected chi connectivity index (χ4v) is 4.60. The summed E-state index contributed by atoms with van der Waals surface area (Å²) < 4.78 is 0. The van der Waals surface area contributed by atoms with Crippen molar-refractivity contribution >= 4 is 34.3 Å². The van der Waals surface area contributed by atoms with E-state index in [4.69, 9.17) is 0 Å². The van der Waals surface area contributed by atoms with E-state index in [9.17, 15) is 14.4 Å². The summed E-state index contributed by atoms with van der Waals surface area (Å²) in [5.41, 5.74) is 3.31. The van der Waals surface area contributed by atoms with E-state index < -0.39 is 11.9 Å². The van der Waals surface area contributed by atoms with Crippen molar-refractivity contribution in [2.24, 2.45) is 5.92 Å². The van der Waals surface area contributed by atoms with E-state index in [1.165, 1.54) is 0 Å². The van der Waals surface area contributed by atoms with Crippen LogP contribution >= 0.6 is 0 Å². The molecule has 5 rings (SSSR count). The molecule has 1 aromatic carbocycles. The predicted molar refractivity (Wildman–Crippen MR) is 99.4 cm³/mol. The Labute approximate surface area is 156 Å². The third-order valence-corrected chi connectivity index (χ3v) is 5.83. The smallest absolute Gasteiger partial charge is 0.259 e. The van der Waals surface area contributed by atoms with Gasteiger partial charge in [0.25, 0.3) is 5.91 Å². The molecular weight excluding hydrogens is 344 g/mol. The van der Waals surface area contributed by atoms with Crippen LogP contribution in [0.5, 0.6) is 0 Å². The first-order valence-corrected chi connectivity index (χ1v) is 9.29. The van der Waals surface area contributed by atoms with Crippen LogP contribution in [-0.4, -0.2) is 53.8 Å². The molecule has 7 nitrogen and oxygen atoms in total. The predicted octanol–water partition coefficient (Wildman–Crippen LogP) is 1.10. The number of aromatic nitrogens is 1. The summed E-state index contributed by atoms with van der Waals surface area (Å²) in [5, 5.41) is 3.18. The molecule has 0 spiro atoms. The molecule has 138 valence electrons. The quantitative estimate of drug-likeness (QED) is 0.825. The molecule has 0 bridgehead atoms. The lowest BCUT2D eigenvalue weighted by atomic mass is 9.91. The van der Waals surface area contributed by atoms with Crippen LogP contribution in [0.25, 0.3) is 10.9 Å². The minimum absolute atomic E-state index is 0.188. The Morgan fingerprint density at radius 1 is 1.19 bits per heavy atom. The number of imide groups is 1. The van der Waals surface area contributed by atoms with Gasteiger partial charge in [-0.1, -0.05) is 6.07 Å². The lowest BCUT2D eigenvalue weighted by Gasteiger charge is -2.36. The van der Waals surface area contributed by atoms with Gasteiger partial charge in [-0.3, -0.25) is 29.6 Å². The molecule has 7 heteroatoms. The largest absolute Gasteiger partial charge is 0.306 e. The molecule has 0 radical (unpaired) electrons. The maximum Gasteiger partial charge on any atom is 0.259 e. The van der Waals surface area contributed by atoms with Gasteiger partial charge in [0.1, 0.15) is 6.04 Å². The zero-order chi connectivity index (χ0) is 18.7. The Kier molecular flexibility index (Phi) is 3.55. The third kappa shape index (κ3) is 2.45. The Morgan fingerprint density at radius 3 is 2.74 bits per heavy atom. The van der Waals surface area contributed by atoms with E-state index >= 15 is 0 Å². The number of rotatable bonds is 3. The zero-order valence-electron chi connectivity index (χ0n) is 15.1. The van der Waals surface area contributed by atoms with Gasteiger partial charge in [-0.15, -0.1) is 0 Å². The van der Waals surface area contributed by atoms with Crippen LogP contribution < -0.4 is 10.2 Å². The van der Waals surface area contributed by atoms with E-state index in [-0.39, 0.29) is 18.2 Å². The molecule has 1 aromatic heterocycles. The van der Waals surface area contributed by atoms with Crippen LogP contribution in [0.2, 0.25) is 0 Å². The number of amides is 3. The van der Waals surface area contributed by atoms with Crippen LogP contribution in [0.15, 0.2) is 24.4 Å². The molecule has 4 heterocycles. The number of pyridine rings is 1. The maximum atomic E-state index is 13.1. The van der Waals surface area contributed by atoms with Gasteiger partial charge in [0, 0.05) is 31.1 Å². The molecule has 0 saturated carbocycles. The topological polar surface area (TPSA) is 82.6 Å². The van der Waals surface area contributed by atoms with Gasteiger partial charge in [0.05, 0.1) is 16.8 Å². The average Bonchev–Trinajstić information content (AvgIpc) is 2.90. The van der Waals surface area contributed by atoms with Crippen molar-refractivity contribution in [1.29, 1.82) is 0 Å². The third-order valence-electron chi connectivity index (χ3n) is 5.83. The molecule has 1 unspecified atom stereocenters. The monoisotopic (exact) mass is 364 g/mol. The minimum Gasteiger partial charge on any atom is -0.306 e. The summed E-state index contributed by atoms with van der Waals surface area (Å²) in [7, 11) is 2.11. The van der Waals surface area contributed by atoms with Crippen molar-refractivity contribution in [1.82, 2.24) is 15.2 Å². The van der Waals surface area contributed by atoms with Crippen molar-refractivity contribution in [3.63, 3.8) is 0 Å². The van der Waals surface area contributed by atoms with Crippen LogP contribution in [0, 0.1) is 5.92 Å². The number of carbonyl (C=O) groups is 3. The highest BCUT2D eigenvalue weighted by Gasteiger charge is 2.41. The number of hydrogen-bond acceptors (Lipinski definition) is 5. The van der Waals surface area contributed by atoms with Gasteiger partial charge in [0.15, 0.2) is 0 Å². The molecule has 0 aliphatic carbocycles. The number of benzene rings is 1. The second-order valence-corrected chi connectivity index (χ2v) is 7.76. The second kappa shape index (κ2) is 5.85. The standard InChI is InChI=1S/C20H20N4O3/c1-23-9-11(10-23)8-12-2-3-13-17-14(6-7-21-18(12)17)24(20(13)27)15-4-5-16(25)22-19(15)26/h2-3,6-7,11,15H,4-5,8-10H2,1H3,(H,22,25,26). The Hall–Kier alpha value is -2.80. The number of nitrogens with zero attached hydrogens (tertiary/aromatic N) is 3. The van der Waals surface area contributed by atoms with Crippen molar-refractivity contribution < 1.29 is 14.4 Å². The normalized spacial score (nSPS) is 23.1. The molecule has 27 heavy (non-hydrogen) atoms. The van der Waals surface area contributed by atoms with E-state index in [0.29, 0.717) is 17.9 Å². The summed E-state index contributed by atoms with van der Waals surface area (Å²) >= 11 is 0. The number of piperidine rings is 1. The maximum absolute atomic E-state index is 13.1. The molecule has 2 fully saturated rings. The molecular formula is C20H20N4O3. The molecule has 3 aliphatic heterocycles. The van der Waals surface area contributed by atoms with Crippen molar-refractivity contribution in [3.05, 3.63) is 35.5 Å². The molecule has 2 aromatic rings. The van der Waals surface area contributed by atoms with Gasteiger partial charge in [-0.25, -0.2) is 0 Å². The average molecular weight is 364 g/mol. The molecule has 3 aliphatic rings. The molecule has 3 amide bonds. The van der Waals surface area contributed by atoms with Gasteiger partial charge < -0.3 is 4.90 Å². The van der Waals surface area contributed by atoms with E-state index in [1.807, 2.05) is 12.1 Å². The number of likely N-dealkylation sites (tertiary alicyclic amines) is 1. The first-order chi connectivity index (χ1) is 13.0. The van der Waals surface area contributed by atoms with Gasteiger partial charge in [-0.05, 0) is 43.5 Å². The summed E-state index contributed by atoms with van der Waals surface area (Å²) in [4.78, 5) is 45.3. The highest BCUT2D eigenvalue weighted by Crippen LogP contribution is 2.40. The Bertz CT molecular complexity index is 996. The lowest BCUT2D eigenvalue weighted by Crippen LogP contribution is -2.53. The lowest BCUT2D eigenvalue weighted by molar-refractivity contribution is -0.134. The number of hydrogen-bond donors (Lipinski definition) is 1. The SMILES string of the molecule is CN1CC(Cc2ccc3c4c(ccnc24)N(C2CCC(=O)NC2=O)C3=O)C1. The molecule has 1 atom stereocenters. The fourth-order valence-electron chi connectivity index (χ4n) is 4.60. The molecule has 1 N–H and O–H groups in total. The van der Waals surface area contributed by atoms with Gasteiger partial charge >= 0.3 is 0 Å². The summed E-state index contributed by atoms with van der Waals surface area (Å²) in [6.45, 7) is 2.15. The van der Waals surface area contributed by atoms with E-state index in [1.54, 1.807) is 17.2 Å². The summed E-state index contributed by atoms with van der Waals surface area (Å²) in [6.07, 6.45) is 3.22. The Balaban J connectivity index is 1.56. The van der Waals surface area contributed by atoms with Crippen LogP contribution in [-0.2, 0) is 16.0 Å². The number of anilines is 1. The first kappa shape index (κ1) is 16.4. The van der Waals surface area contributed by atoms with Gasteiger partial charge in [0.2, 0.25) is 11.8 Å². The second-order valence-electron chi connectivity index (χ2n) is 7.76. The summed E-state index contributed by atoms with van der Waals surface area (Å²) in [6, 6.07) is 5.00. The van der Waals surface area contributed by atoms with Crippen molar-refractivity contribution in [2.75, 3.05) is 25.0 Å². The van der Waals surface area contributed by atoms with E-state index in [2.05, 4.69) is 22.2 Å². The van der Waals surface area contributed by atoms with Crippen molar-refractivity contribution in [2.45, 2.75) is 25.3 Å². The number of carbonyl (C=O) groups excluding carboxylic acids is 3. The molecule has 2 saturated heterocycles. The van der Waals surface area contributed by atoms with Crippen LogP contribution in [0.3, 0.4) is 0 Å². The highest BCUT2D eigenvalue weighted by atomic mass is 16.2. The van der Waals surface area contributed by atoms with Crippen LogP contribution in [0.4, 0.5) is 5.69 Å². The highest BCUT2D eigenvalue weighted by molar-refractivity contribution is 6.26. The van der Waals surface area contributed by atoms with E-state index in [0.717, 1.165) is 41.7 Å². The fraction of sp³-hybridized carbons (Fsp3) is 0.400. The summed E-state index contributed by atoms with van der Waals surface area (Å²) in [5.74, 6) is -0.271. The Morgan fingerprint density at radius 2 is 2.00 bits per heavy atom. The zero-order valence-corrected chi connectivity index (χ0v) is 15.1. The van der Waals surface area contributed by atoms with Gasteiger partial charge in [-0.2, -0.15) is 0 Å². The van der Waals surface area contributed by atoms with Crippen molar-refractivity contribution in [3.8, 4) is 0 Å². The van der Waals surface area contributed by atoms with Crippen LogP contribution in [0.1, 0.15) is 28.8 Å². The number of nitrogens with one attached hydrogen (secondary N) is 1.